The molecule has 0 bridgehead atoms. The van der Waals surface area contributed by atoms with Crippen molar-refractivity contribution < 1.29 is 22.7 Å². The normalized spacial score (nSPS) is 11.8. The number of thiazole rings is 1. The molecule has 0 fully saturated rings. The standard InChI is InChI=1S/C17H20N2O5S2/c1-5-24-15(21)13-12(18-16(25-13)26(4,22)23)14(20)19-17(2,3)11-9-7-6-8-10-11/h6-10H,5H2,1-4H3,(H,19,20). The minimum atomic E-state index is -3.66. The monoisotopic (exact) mass is 396 g/mol. The van der Waals surface area contributed by atoms with E-state index in [1.54, 1.807) is 20.8 Å². The Labute approximate surface area is 156 Å². The van der Waals surface area contributed by atoms with Crippen molar-refractivity contribution in [1.29, 1.82) is 0 Å². The van der Waals surface area contributed by atoms with E-state index in [-0.39, 0.29) is 21.5 Å². The van der Waals surface area contributed by atoms with Crippen LogP contribution in [0.3, 0.4) is 0 Å². The van der Waals surface area contributed by atoms with Crippen LogP contribution in [0.2, 0.25) is 0 Å². The average Bonchev–Trinajstić information content (AvgIpc) is 3.01. The van der Waals surface area contributed by atoms with Crippen molar-refractivity contribution in [3.05, 3.63) is 46.5 Å². The van der Waals surface area contributed by atoms with Crippen LogP contribution in [0.5, 0.6) is 0 Å². The summed E-state index contributed by atoms with van der Waals surface area (Å²) in [6, 6.07) is 9.26. The van der Waals surface area contributed by atoms with Crippen LogP contribution in [-0.4, -0.2) is 38.1 Å². The number of rotatable bonds is 6. The summed E-state index contributed by atoms with van der Waals surface area (Å²) in [7, 11) is -3.66. The van der Waals surface area contributed by atoms with Crippen molar-refractivity contribution in [2.24, 2.45) is 0 Å². The van der Waals surface area contributed by atoms with Crippen molar-refractivity contribution in [2.75, 3.05) is 12.9 Å². The van der Waals surface area contributed by atoms with E-state index in [9.17, 15) is 18.0 Å². The molecule has 140 valence electrons. The van der Waals surface area contributed by atoms with Gasteiger partial charge in [-0.1, -0.05) is 41.7 Å². The molecule has 9 heteroatoms. The average molecular weight is 396 g/mol. The summed E-state index contributed by atoms with van der Waals surface area (Å²) in [6.07, 6.45) is 0.969. The molecule has 1 amide bonds. The zero-order valence-electron chi connectivity index (χ0n) is 14.9. The third-order valence-electron chi connectivity index (χ3n) is 3.52. The van der Waals surface area contributed by atoms with Gasteiger partial charge < -0.3 is 10.1 Å². The highest BCUT2D eigenvalue weighted by Gasteiger charge is 2.31. The minimum Gasteiger partial charge on any atom is -0.462 e. The van der Waals surface area contributed by atoms with Crippen molar-refractivity contribution in [1.82, 2.24) is 10.3 Å². The Morgan fingerprint density at radius 1 is 1.23 bits per heavy atom. The molecule has 2 aromatic rings. The number of carbonyl (C=O) groups is 2. The van der Waals surface area contributed by atoms with Gasteiger partial charge in [0.2, 0.25) is 14.2 Å². The maximum Gasteiger partial charge on any atom is 0.350 e. The number of amides is 1. The zero-order valence-corrected chi connectivity index (χ0v) is 16.5. The molecule has 0 radical (unpaired) electrons. The lowest BCUT2D eigenvalue weighted by Gasteiger charge is -2.26. The number of nitrogens with one attached hydrogen (secondary N) is 1. The minimum absolute atomic E-state index is 0.0987. The summed E-state index contributed by atoms with van der Waals surface area (Å²) in [5, 5.41) is 2.79. The molecule has 0 saturated heterocycles. The Kier molecular flexibility index (Phi) is 5.82. The van der Waals surface area contributed by atoms with Crippen LogP contribution in [0.25, 0.3) is 0 Å². The van der Waals surface area contributed by atoms with E-state index in [0.29, 0.717) is 11.3 Å². The number of esters is 1. The van der Waals surface area contributed by atoms with Gasteiger partial charge in [-0.25, -0.2) is 18.2 Å². The molecule has 0 aliphatic heterocycles. The van der Waals surface area contributed by atoms with Crippen LogP contribution in [0.1, 0.15) is 46.5 Å². The molecule has 2 rings (SSSR count). The first kappa shape index (κ1) is 20.1. The maximum atomic E-state index is 12.7. The molecule has 0 atom stereocenters. The first-order valence-corrected chi connectivity index (χ1v) is 10.5. The molecule has 0 unspecified atom stereocenters. The highest BCUT2D eigenvalue weighted by Crippen LogP contribution is 2.26. The number of carbonyl (C=O) groups excluding carboxylic acids is 2. The third kappa shape index (κ3) is 4.47. The lowest BCUT2D eigenvalue weighted by atomic mass is 9.94. The number of hydrogen-bond acceptors (Lipinski definition) is 7. The zero-order chi connectivity index (χ0) is 19.5. The number of benzene rings is 1. The predicted molar refractivity (Wildman–Crippen MR) is 98.1 cm³/mol. The Morgan fingerprint density at radius 3 is 2.38 bits per heavy atom. The first-order valence-electron chi connectivity index (χ1n) is 7.82. The molecule has 1 N–H and O–H groups in total. The van der Waals surface area contributed by atoms with Crippen LogP contribution >= 0.6 is 11.3 Å². The molecule has 1 aromatic heterocycles. The van der Waals surface area contributed by atoms with Gasteiger partial charge >= 0.3 is 5.97 Å². The van der Waals surface area contributed by atoms with E-state index in [4.69, 9.17) is 4.74 Å². The molecule has 26 heavy (non-hydrogen) atoms. The van der Waals surface area contributed by atoms with Crippen LogP contribution < -0.4 is 5.32 Å². The molecular weight excluding hydrogens is 376 g/mol. The van der Waals surface area contributed by atoms with Crippen LogP contribution in [-0.2, 0) is 20.1 Å². The quantitative estimate of drug-likeness (QED) is 0.752. The Morgan fingerprint density at radius 2 is 1.85 bits per heavy atom. The van der Waals surface area contributed by atoms with E-state index in [0.717, 1.165) is 11.8 Å². The highest BCUT2D eigenvalue weighted by atomic mass is 32.2. The fraction of sp³-hybridized carbons (Fsp3) is 0.353. The second-order valence-corrected chi connectivity index (χ2v) is 9.28. The molecular formula is C17H20N2O5S2. The van der Waals surface area contributed by atoms with E-state index in [2.05, 4.69) is 10.3 Å². The SMILES string of the molecule is CCOC(=O)c1sc(S(C)(=O)=O)nc1C(=O)NC(C)(C)c1ccccc1. The van der Waals surface area contributed by atoms with Gasteiger partial charge in [0.1, 0.15) is 4.88 Å². The summed E-state index contributed by atoms with van der Waals surface area (Å²) in [6.45, 7) is 5.32. The van der Waals surface area contributed by atoms with Gasteiger partial charge in [-0.3, -0.25) is 4.79 Å². The summed E-state index contributed by atoms with van der Waals surface area (Å²) in [4.78, 5) is 28.6. The largest absolute Gasteiger partial charge is 0.462 e. The van der Waals surface area contributed by atoms with E-state index in [1.807, 2.05) is 30.3 Å². The molecule has 0 spiro atoms. The number of aromatic nitrogens is 1. The third-order valence-corrected chi connectivity index (χ3v) is 6.24. The molecule has 1 aromatic carbocycles. The molecule has 0 aliphatic carbocycles. The first-order chi connectivity index (χ1) is 12.1. The highest BCUT2D eigenvalue weighted by molar-refractivity contribution is 7.92. The van der Waals surface area contributed by atoms with Gasteiger partial charge in [-0.15, -0.1) is 0 Å². The lowest BCUT2D eigenvalue weighted by molar-refractivity contribution is 0.0527. The van der Waals surface area contributed by atoms with E-state index in [1.165, 1.54) is 0 Å². The van der Waals surface area contributed by atoms with Crippen molar-refractivity contribution in [3.8, 4) is 0 Å². The fourth-order valence-electron chi connectivity index (χ4n) is 2.22. The molecule has 0 saturated carbocycles. The number of sulfone groups is 1. The van der Waals surface area contributed by atoms with E-state index < -0.39 is 27.3 Å². The topological polar surface area (TPSA) is 102 Å². The van der Waals surface area contributed by atoms with Crippen molar-refractivity contribution in [3.63, 3.8) is 0 Å². The van der Waals surface area contributed by atoms with Crippen molar-refractivity contribution >= 4 is 33.1 Å². The van der Waals surface area contributed by atoms with Crippen molar-refractivity contribution in [2.45, 2.75) is 30.6 Å². The lowest BCUT2D eigenvalue weighted by Crippen LogP contribution is -2.41. The number of nitrogens with zero attached hydrogens (tertiary/aromatic N) is 1. The van der Waals surface area contributed by atoms with Gasteiger partial charge in [0, 0.05) is 6.26 Å². The van der Waals surface area contributed by atoms with E-state index >= 15 is 0 Å². The van der Waals surface area contributed by atoms with Crippen LogP contribution in [0.15, 0.2) is 34.7 Å². The van der Waals surface area contributed by atoms with Gasteiger partial charge in [-0.2, -0.15) is 0 Å². The Balaban J connectivity index is 2.41. The fourth-order valence-corrected chi connectivity index (χ4v) is 4.02. The predicted octanol–water partition coefficient (Wildman–Crippen LogP) is 2.39. The van der Waals surface area contributed by atoms with Gasteiger partial charge in [0.05, 0.1) is 12.1 Å². The maximum absolute atomic E-state index is 12.7. The summed E-state index contributed by atoms with van der Waals surface area (Å²) < 4.78 is 28.2. The second kappa shape index (κ2) is 7.55. The van der Waals surface area contributed by atoms with Gasteiger partial charge in [0.15, 0.2) is 5.69 Å². The molecule has 0 aliphatic rings. The van der Waals surface area contributed by atoms with Gasteiger partial charge in [-0.05, 0) is 26.3 Å². The summed E-state index contributed by atoms with van der Waals surface area (Å²) in [5.74, 6) is -1.42. The number of hydrogen-bond donors (Lipinski definition) is 1. The van der Waals surface area contributed by atoms with Gasteiger partial charge in [0.25, 0.3) is 5.91 Å². The smallest absolute Gasteiger partial charge is 0.350 e. The summed E-state index contributed by atoms with van der Waals surface area (Å²) >= 11 is 0.630. The number of ether oxygens (including phenoxy) is 1. The Bertz CT molecular complexity index is 918. The molecule has 1 heterocycles. The molecule has 7 nitrogen and oxygen atoms in total. The van der Waals surface area contributed by atoms with Crippen LogP contribution in [0, 0.1) is 0 Å². The Hall–Kier alpha value is -2.26. The summed E-state index contributed by atoms with van der Waals surface area (Å²) in [5.41, 5.74) is -0.151. The van der Waals surface area contributed by atoms with Crippen LogP contribution in [0.4, 0.5) is 0 Å². The second-order valence-electron chi connectivity index (χ2n) is 6.10.